The van der Waals surface area contributed by atoms with Gasteiger partial charge in [0.2, 0.25) is 0 Å². The molecule has 3 N–H and O–H groups in total. The molecule has 0 radical (unpaired) electrons. The van der Waals surface area contributed by atoms with Crippen LogP contribution in [-0.4, -0.2) is 0 Å². The van der Waals surface area contributed by atoms with Gasteiger partial charge in [0.25, 0.3) is 0 Å². The third-order valence-electron chi connectivity index (χ3n) is 2.97. The predicted molar refractivity (Wildman–Crippen MR) is 87.0 cm³/mol. The fraction of sp³-hybridized carbons (Fsp3) is 0.143. The van der Waals surface area contributed by atoms with Gasteiger partial charge < -0.3 is 0 Å². The van der Waals surface area contributed by atoms with Crippen molar-refractivity contribution in [2.45, 2.75) is 12.5 Å². The zero-order valence-electron chi connectivity index (χ0n) is 10.3. The highest BCUT2D eigenvalue weighted by molar-refractivity contribution is 14.1. The second kappa shape index (κ2) is 6.93. The van der Waals surface area contributed by atoms with Crippen LogP contribution in [0.4, 0.5) is 8.78 Å². The van der Waals surface area contributed by atoms with Crippen LogP contribution in [-0.2, 0) is 6.42 Å². The van der Waals surface area contributed by atoms with Gasteiger partial charge in [-0.3, -0.25) is 11.3 Å². The molecule has 1 atom stereocenters. The van der Waals surface area contributed by atoms with E-state index >= 15 is 0 Å². The van der Waals surface area contributed by atoms with Gasteiger partial charge in [0.05, 0.1) is 6.04 Å². The molecule has 0 bridgehead atoms. The molecule has 0 saturated heterocycles. The van der Waals surface area contributed by atoms with Crippen molar-refractivity contribution >= 4 is 38.5 Å². The molecule has 0 aliphatic rings. The van der Waals surface area contributed by atoms with Crippen molar-refractivity contribution in [2.75, 3.05) is 0 Å². The summed E-state index contributed by atoms with van der Waals surface area (Å²) in [5.41, 5.74) is 3.86. The average molecular weight is 453 g/mol. The van der Waals surface area contributed by atoms with Crippen molar-refractivity contribution in [2.24, 2.45) is 5.84 Å². The van der Waals surface area contributed by atoms with Crippen molar-refractivity contribution in [1.29, 1.82) is 0 Å². The average Bonchev–Trinajstić information content (AvgIpc) is 2.42. The maximum atomic E-state index is 13.7. The Labute approximate surface area is 138 Å². The van der Waals surface area contributed by atoms with Gasteiger partial charge in [-0.1, -0.05) is 15.9 Å². The van der Waals surface area contributed by atoms with Crippen molar-refractivity contribution in [3.63, 3.8) is 0 Å². The molecule has 6 heteroatoms. The minimum absolute atomic E-state index is 0.263. The summed E-state index contributed by atoms with van der Waals surface area (Å²) in [4.78, 5) is 0. The number of hydrogen-bond acceptors (Lipinski definition) is 2. The second-order valence-corrected chi connectivity index (χ2v) is 6.42. The summed E-state index contributed by atoms with van der Waals surface area (Å²) in [7, 11) is 0. The molecule has 0 aliphatic carbocycles. The predicted octanol–water partition coefficient (Wildman–Crippen LogP) is 4.08. The summed E-state index contributed by atoms with van der Waals surface area (Å²) >= 11 is 5.64. The van der Waals surface area contributed by atoms with Crippen LogP contribution in [0.2, 0.25) is 0 Å². The molecule has 0 heterocycles. The van der Waals surface area contributed by atoms with Crippen molar-refractivity contribution in [3.8, 4) is 0 Å². The van der Waals surface area contributed by atoms with Gasteiger partial charge in [-0.15, -0.1) is 0 Å². The fourth-order valence-corrected chi connectivity index (χ4v) is 3.00. The highest BCUT2D eigenvalue weighted by Crippen LogP contribution is 2.28. The van der Waals surface area contributed by atoms with E-state index in [1.807, 2.05) is 18.2 Å². The number of nitrogens with one attached hydrogen (secondary N) is 1. The van der Waals surface area contributed by atoms with E-state index in [2.05, 4.69) is 43.9 Å². The zero-order chi connectivity index (χ0) is 14.7. The molecule has 0 fully saturated rings. The molecule has 0 amide bonds. The van der Waals surface area contributed by atoms with E-state index in [1.165, 1.54) is 6.07 Å². The highest BCUT2D eigenvalue weighted by Gasteiger charge is 2.16. The number of hydrazine groups is 1. The quantitative estimate of drug-likeness (QED) is 0.416. The third-order valence-corrected chi connectivity index (χ3v) is 4.36. The van der Waals surface area contributed by atoms with Crippen LogP contribution in [0, 0.1) is 15.2 Å². The Kier molecular flexibility index (Phi) is 5.48. The first kappa shape index (κ1) is 15.8. The van der Waals surface area contributed by atoms with Gasteiger partial charge in [0, 0.05) is 8.04 Å². The SMILES string of the molecule is NNC(Cc1cc(F)ccc1F)c1cc(I)ccc1Br. The largest absolute Gasteiger partial charge is 0.271 e. The number of hydrogen-bond donors (Lipinski definition) is 2. The van der Waals surface area contributed by atoms with E-state index < -0.39 is 11.6 Å². The van der Waals surface area contributed by atoms with Crippen molar-refractivity contribution < 1.29 is 8.78 Å². The number of nitrogens with two attached hydrogens (primary N) is 1. The number of halogens is 4. The molecule has 2 nitrogen and oxygen atoms in total. The molecule has 106 valence electrons. The Balaban J connectivity index is 2.33. The Hall–Kier alpha value is -0.570. The lowest BCUT2D eigenvalue weighted by Crippen LogP contribution is -2.30. The molecule has 0 aliphatic heterocycles. The third kappa shape index (κ3) is 3.75. The van der Waals surface area contributed by atoms with Crippen LogP contribution in [0.25, 0.3) is 0 Å². The Morgan fingerprint density at radius 3 is 2.65 bits per heavy atom. The lowest BCUT2D eigenvalue weighted by molar-refractivity contribution is 0.521. The molecule has 2 aromatic rings. The van der Waals surface area contributed by atoms with Gasteiger partial charge in [-0.2, -0.15) is 0 Å². The molecule has 0 aromatic heterocycles. The van der Waals surface area contributed by atoms with Gasteiger partial charge in [0.15, 0.2) is 0 Å². The first-order chi connectivity index (χ1) is 9.51. The molecule has 2 rings (SSSR count). The Morgan fingerprint density at radius 1 is 1.20 bits per heavy atom. The van der Waals surface area contributed by atoms with E-state index in [4.69, 9.17) is 5.84 Å². The first-order valence-corrected chi connectivity index (χ1v) is 7.73. The molecule has 2 aromatic carbocycles. The van der Waals surface area contributed by atoms with Gasteiger partial charge >= 0.3 is 0 Å². The van der Waals surface area contributed by atoms with Crippen LogP contribution in [0.15, 0.2) is 40.9 Å². The monoisotopic (exact) mass is 452 g/mol. The highest BCUT2D eigenvalue weighted by atomic mass is 127. The van der Waals surface area contributed by atoms with E-state index in [0.717, 1.165) is 25.7 Å². The first-order valence-electron chi connectivity index (χ1n) is 5.86. The summed E-state index contributed by atoms with van der Waals surface area (Å²) in [6.07, 6.45) is 0.263. The maximum absolute atomic E-state index is 13.7. The van der Waals surface area contributed by atoms with Crippen molar-refractivity contribution in [1.82, 2.24) is 5.43 Å². The van der Waals surface area contributed by atoms with Crippen LogP contribution in [0.5, 0.6) is 0 Å². The fourth-order valence-electron chi connectivity index (χ4n) is 1.96. The molecule has 1 unspecified atom stereocenters. The van der Waals surface area contributed by atoms with Crippen molar-refractivity contribution in [3.05, 3.63) is 67.2 Å². The zero-order valence-corrected chi connectivity index (χ0v) is 14.1. The van der Waals surface area contributed by atoms with Crippen LogP contribution in [0.3, 0.4) is 0 Å². The number of benzene rings is 2. The lowest BCUT2D eigenvalue weighted by atomic mass is 9.99. The standard InChI is InChI=1S/C14H12BrF2IN2/c15-12-3-2-10(18)7-11(12)14(20-19)6-8-5-9(16)1-4-13(8)17/h1-5,7,14,20H,6,19H2. The molecule has 0 spiro atoms. The summed E-state index contributed by atoms with van der Waals surface area (Å²) in [6.45, 7) is 0. The van der Waals surface area contributed by atoms with Gasteiger partial charge in [-0.25, -0.2) is 8.78 Å². The van der Waals surface area contributed by atoms with Crippen LogP contribution >= 0.6 is 38.5 Å². The molecular weight excluding hydrogens is 441 g/mol. The van der Waals surface area contributed by atoms with E-state index in [-0.39, 0.29) is 12.5 Å². The van der Waals surface area contributed by atoms with Gasteiger partial charge in [-0.05, 0) is 76.5 Å². The topological polar surface area (TPSA) is 38.0 Å². The molecule has 0 saturated carbocycles. The summed E-state index contributed by atoms with van der Waals surface area (Å²) in [6, 6.07) is 8.92. The Morgan fingerprint density at radius 2 is 1.95 bits per heavy atom. The summed E-state index contributed by atoms with van der Waals surface area (Å²) < 4.78 is 28.8. The number of rotatable bonds is 4. The normalized spacial score (nSPS) is 12.4. The van der Waals surface area contributed by atoms with E-state index in [9.17, 15) is 8.78 Å². The van der Waals surface area contributed by atoms with E-state index in [0.29, 0.717) is 5.56 Å². The second-order valence-electron chi connectivity index (χ2n) is 4.32. The smallest absolute Gasteiger partial charge is 0.126 e. The summed E-state index contributed by atoms with van der Waals surface area (Å²) in [5, 5.41) is 0. The van der Waals surface area contributed by atoms with Gasteiger partial charge in [0.1, 0.15) is 11.6 Å². The Bertz CT molecular complexity index is 622. The lowest BCUT2D eigenvalue weighted by Gasteiger charge is -2.18. The van der Waals surface area contributed by atoms with Crippen LogP contribution < -0.4 is 11.3 Å². The summed E-state index contributed by atoms with van der Waals surface area (Å²) in [5.74, 6) is 4.67. The molecular formula is C14H12BrF2IN2. The van der Waals surface area contributed by atoms with Crippen LogP contribution in [0.1, 0.15) is 17.2 Å². The van der Waals surface area contributed by atoms with E-state index in [1.54, 1.807) is 0 Å². The minimum atomic E-state index is -0.459. The molecule has 20 heavy (non-hydrogen) atoms. The maximum Gasteiger partial charge on any atom is 0.126 e. The minimum Gasteiger partial charge on any atom is -0.271 e.